The summed E-state index contributed by atoms with van der Waals surface area (Å²) in [5, 5.41) is 0. The highest BCUT2D eigenvalue weighted by molar-refractivity contribution is 5.82. The SMILES string of the molecule is Nc1ncc(C2=CCN(C(=O)Cc3ccccc3)CC2)nc1-c1nc2ccccc2[nH]1.[HH].[HH]. The summed E-state index contributed by atoms with van der Waals surface area (Å²) in [4.78, 5) is 31.4. The lowest BCUT2D eigenvalue weighted by molar-refractivity contribution is -0.130. The molecule has 1 aliphatic rings. The van der Waals surface area contributed by atoms with Crippen LogP contribution in [0, 0.1) is 0 Å². The van der Waals surface area contributed by atoms with Gasteiger partial charge in [0.05, 0.1) is 29.3 Å². The molecule has 3 N–H and O–H groups in total. The summed E-state index contributed by atoms with van der Waals surface area (Å²) in [5.41, 5.74) is 11.3. The van der Waals surface area contributed by atoms with E-state index in [4.69, 9.17) is 10.7 Å². The second-order valence-corrected chi connectivity index (χ2v) is 7.57. The average molecular weight is 415 g/mol. The lowest BCUT2D eigenvalue weighted by Gasteiger charge is -2.26. The summed E-state index contributed by atoms with van der Waals surface area (Å²) in [6.07, 6.45) is 4.88. The molecule has 2 aromatic heterocycles. The standard InChI is InChI=1S/C24H22N6O.2H2/c25-23-22(24-28-18-8-4-5-9-19(18)29-24)27-20(15-26-23)17-10-12-30(13-11-17)21(31)14-16-6-2-1-3-7-16;;/h1-10,15H,11-14H2,(H2,25,26)(H,28,29);2*1H. The molecule has 3 heterocycles. The van der Waals surface area contributed by atoms with Crippen molar-refractivity contribution in [2.24, 2.45) is 0 Å². The molecule has 0 radical (unpaired) electrons. The fraction of sp³-hybridized carbons (Fsp3) is 0.167. The van der Waals surface area contributed by atoms with Gasteiger partial charge in [-0.25, -0.2) is 15.0 Å². The van der Waals surface area contributed by atoms with Gasteiger partial charge in [-0.05, 0) is 29.7 Å². The van der Waals surface area contributed by atoms with E-state index in [0.29, 0.717) is 36.8 Å². The number of amides is 1. The Kier molecular flexibility index (Phi) is 4.92. The first kappa shape index (κ1) is 19.0. The van der Waals surface area contributed by atoms with E-state index in [-0.39, 0.29) is 8.76 Å². The molecule has 7 heteroatoms. The van der Waals surface area contributed by atoms with Gasteiger partial charge in [0.1, 0.15) is 5.69 Å². The summed E-state index contributed by atoms with van der Waals surface area (Å²) >= 11 is 0. The van der Waals surface area contributed by atoms with Crippen molar-refractivity contribution in [3.8, 4) is 11.5 Å². The van der Waals surface area contributed by atoms with Crippen LogP contribution in [-0.2, 0) is 11.2 Å². The fourth-order valence-electron chi connectivity index (χ4n) is 3.80. The van der Waals surface area contributed by atoms with Gasteiger partial charge in [-0.15, -0.1) is 0 Å². The van der Waals surface area contributed by atoms with Gasteiger partial charge in [0, 0.05) is 15.9 Å². The van der Waals surface area contributed by atoms with Crippen LogP contribution in [0.15, 0.2) is 66.9 Å². The lowest BCUT2D eigenvalue weighted by atomic mass is 10.0. The van der Waals surface area contributed by atoms with Gasteiger partial charge in [0.15, 0.2) is 11.6 Å². The molecule has 2 aromatic carbocycles. The van der Waals surface area contributed by atoms with Gasteiger partial charge in [0.2, 0.25) is 5.91 Å². The molecule has 5 rings (SSSR count). The zero-order valence-corrected chi connectivity index (χ0v) is 17.0. The number of imidazole rings is 1. The van der Waals surface area contributed by atoms with Crippen molar-refractivity contribution in [3.05, 3.63) is 78.1 Å². The van der Waals surface area contributed by atoms with Crippen molar-refractivity contribution in [3.63, 3.8) is 0 Å². The third kappa shape index (κ3) is 3.90. The van der Waals surface area contributed by atoms with Gasteiger partial charge < -0.3 is 15.6 Å². The van der Waals surface area contributed by atoms with Crippen LogP contribution in [0.5, 0.6) is 0 Å². The first-order valence-electron chi connectivity index (χ1n) is 10.3. The minimum absolute atomic E-state index is 0. The van der Waals surface area contributed by atoms with Crippen molar-refractivity contribution in [2.75, 3.05) is 18.8 Å². The third-order valence-corrected chi connectivity index (χ3v) is 5.50. The molecule has 0 saturated carbocycles. The second-order valence-electron chi connectivity index (χ2n) is 7.57. The van der Waals surface area contributed by atoms with Gasteiger partial charge in [-0.1, -0.05) is 48.5 Å². The normalized spacial score (nSPS) is 13.9. The number of nitrogens with one attached hydrogen (secondary N) is 1. The van der Waals surface area contributed by atoms with Crippen LogP contribution >= 0.6 is 0 Å². The molecule has 0 atom stereocenters. The molecule has 0 unspecified atom stereocenters. The first-order chi connectivity index (χ1) is 15.2. The van der Waals surface area contributed by atoms with Gasteiger partial charge in [0.25, 0.3) is 0 Å². The molecule has 31 heavy (non-hydrogen) atoms. The fourth-order valence-corrected chi connectivity index (χ4v) is 3.80. The van der Waals surface area contributed by atoms with E-state index in [1.165, 1.54) is 0 Å². The molecule has 7 nitrogen and oxygen atoms in total. The molecule has 0 spiro atoms. The van der Waals surface area contributed by atoms with E-state index in [9.17, 15) is 4.79 Å². The van der Waals surface area contributed by atoms with Crippen LogP contribution in [0.3, 0.4) is 0 Å². The highest BCUT2D eigenvalue weighted by Crippen LogP contribution is 2.27. The number of nitrogens with zero attached hydrogens (tertiary/aromatic N) is 4. The molecule has 0 bridgehead atoms. The van der Waals surface area contributed by atoms with Crippen LogP contribution in [0.2, 0.25) is 0 Å². The zero-order chi connectivity index (χ0) is 21.2. The number of para-hydroxylation sites is 2. The highest BCUT2D eigenvalue weighted by atomic mass is 16.2. The third-order valence-electron chi connectivity index (χ3n) is 5.50. The van der Waals surface area contributed by atoms with Crippen LogP contribution in [-0.4, -0.2) is 43.8 Å². The maximum Gasteiger partial charge on any atom is 0.227 e. The number of rotatable bonds is 4. The number of hydrogen-bond acceptors (Lipinski definition) is 5. The number of benzene rings is 2. The van der Waals surface area contributed by atoms with Crippen LogP contribution in [0.25, 0.3) is 28.1 Å². The largest absolute Gasteiger partial charge is 0.382 e. The van der Waals surface area contributed by atoms with Crippen molar-refractivity contribution in [1.29, 1.82) is 0 Å². The molecule has 1 aliphatic heterocycles. The number of carbonyl (C=O) groups excluding carboxylic acids is 1. The Morgan fingerprint density at radius 1 is 1.10 bits per heavy atom. The summed E-state index contributed by atoms with van der Waals surface area (Å²) in [5.74, 6) is 1.07. The monoisotopic (exact) mass is 414 g/mol. The maximum atomic E-state index is 12.6. The Labute approximate surface area is 182 Å². The topological polar surface area (TPSA) is 101 Å². The molecule has 0 aliphatic carbocycles. The van der Waals surface area contributed by atoms with E-state index in [1.807, 2.05) is 59.5 Å². The van der Waals surface area contributed by atoms with Crippen molar-refractivity contribution in [2.45, 2.75) is 12.8 Å². The van der Waals surface area contributed by atoms with Crippen molar-refractivity contribution in [1.82, 2.24) is 24.8 Å². The molecule has 0 fully saturated rings. The van der Waals surface area contributed by atoms with E-state index >= 15 is 0 Å². The highest BCUT2D eigenvalue weighted by Gasteiger charge is 2.20. The summed E-state index contributed by atoms with van der Waals surface area (Å²) in [6, 6.07) is 17.6. The number of anilines is 1. The minimum atomic E-state index is 0. The number of aromatic nitrogens is 4. The predicted molar refractivity (Wildman–Crippen MR) is 125 cm³/mol. The van der Waals surface area contributed by atoms with E-state index < -0.39 is 0 Å². The zero-order valence-electron chi connectivity index (χ0n) is 17.0. The van der Waals surface area contributed by atoms with Crippen LogP contribution in [0.1, 0.15) is 20.5 Å². The quantitative estimate of drug-likeness (QED) is 0.526. The molecule has 158 valence electrons. The van der Waals surface area contributed by atoms with Gasteiger partial charge >= 0.3 is 0 Å². The Bertz CT molecular complexity index is 1260. The first-order valence-corrected chi connectivity index (χ1v) is 10.3. The number of hydrogen-bond donors (Lipinski definition) is 2. The Hall–Kier alpha value is -4.00. The number of carbonyl (C=O) groups is 1. The maximum absolute atomic E-state index is 12.6. The van der Waals surface area contributed by atoms with Crippen molar-refractivity contribution >= 4 is 28.3 Å². The number of nitrogens with two attached hydrogens (primary N) is 1. The number of aromatic amines is 1. The molecular weight excluding hydrogens is 388 g/mol. The molecule has 1 amide bonds. The number of nitrogen functional groups attached to an aromatic ring is 1. The van der Waals surface area contributed by atoms with E-state index in [1.54, 1.807) is 6.20 Å². The Morgan fingerprint density at radius 3 is 2.68 bits per heavy atom. The minimum Gasteiger partial charge on any atom is -0.382 e. The summed E-state index contributed by atoms with van der Waals surface area (Å²) in [7, 11) is 0. The van der Waals surface area contributed by atoms with Gasteiger partial charge in [-0.2, -0.15) is 0 Å². The molecule has 0 saturated heterocycles. The predicted octanol–water partition coefficient (Wildman–Crippen LogP) is 3.95. The average Bonchev–Trinajstić information content (AvgIpc) is 3.24. The molecular formula is C24H26N6O. The Balaban J connectivity index is 0.00000153. The van der Waals surface area contributed by atoms with E-state index in [2.05, 4.69) is 21.0 Å². The summed E-state index contributed by atoms with van der Waals surface area (Å²) < 4.78 is 0. The number of H-pyrrole nitrogens is 1. The smallest absolute Gasteiger partial charge is 0.227 e. The lowest BCUT2D eigenvalue weighted by Crippen LogP contribution is -2.35. The second kappa shape index (κ2) is 8.02. The van der Waals surface area contributed by atoms with E-state index in [0.717, 1.165) is 34.3 Å². The number of fused-ring (bicyclic) bond motifs is 1. The van der Waals surface area contributed by atoms with Crippen LogP contribution in [0.4, 0.5) is 5.82 Å². The van der Waals surface area contributed by atoms with Crippen LogP contribution < -0.4 is 5.73 Å². The van der Waals surface area contributed by atoms with Crippen molar-refractivity contribution < 1.29 is 7.65 Å². The summed E-state index contributed by atoms with van der Waals surface area (Å²) in [6.45, 7) is 1.22. The van der Waals surface area contributed by atoms with Gasteiger partial charge in [-0.3, -0.25) is 4.79 Å². The Morgan fingerprint density at radius 2 is 1.90 bits per heavy atom. The molecule has 4 aromatic rings.